The number of ether oxygens (including phenoxy) is 1. The number of carbonyl (C=O) groups is 2. The Morgan fingerprint density at radius 3 is 2.91 bits per heavy atom. The summed E-state index contributed by atoms with van der Waals surface area (Å²) >= 11 is 0. The topological polar surface area (TPSA) is 68.5 Å². The molecule has 6 heteroatoms. The fourth-order valence-corrected chi connectivity index (χ4v) is 1.97. The summed E-state index contributed by atoms with van der Waals surface area (Å²) in [5.74, 6) is -1.67. The fraction of sp³-hybridized carbons (Fsp3) is 0.250. The van der Waals surface area contributed by atoms with Crippen LogP contribution >= 0.6 is 0 Å². The first kappa shape index (κ1) is 15.8. The van der Waals surface area contributed by atoms with Crippen LogP contribution in [0.1, 0.15) is 23.0 Å². The van der Waals surface area contributed by atoms with E-state index >= 15 is 0 Å². The molecule has 0 aliphatic carbocycles. The number of halogens is 1. The Morgan fingerprint density at radius 2 is 2.23 bits per heavy atom. The number of fused-ring (bicyclic) bond motifs is 1. The predicted molar refractivity (Wildman–Crippen MR) is 79.0 cm³/mol. The average Bonchev–Trinajstić information content (AvgIpc) is 2.81. The smallest absolute Gasteiger partial charge is 0.375 e. The zero-order valence-electron chi connectivity index (χ0n) is 12.3. The highest BCUT2D eigenvalue weighted by atomic mass is 19.1. The van der Waals surface area contributed by atoms with E-state index in [9.17, 15) is 14.0 Å². The molecule has 1 amide bonds. The highest BCUT2D eigenvalue weighted by molar-refractivity contribution is 5.97. The predicted octanol–water partition coefficient (Wildman–Crippen LogP) is 2.73. The van der Waals surface area contributed by atoms with Crippen LogP contribution in [0.2, 0.25) is 0 Å². The van der Waals surface area contributed by atoms with Gasteiger partial charge in [0, 0.05) is 17.5 Å². The Hall–Kier alpha value is -2.63. The van der Waals surface area contributed by atoms with Gasteiger partial charge in [-0.05, 0) is 32.0 Å². The van der Waals surface area contributed by atoms with E-state index in [0.717, 1.165) is 0 Å². The first-order chi connectivity index (χ1) is 10.4. The van der Waals surface area contributed by atoms with Gasteiger partial charge in [-0.15, -0.1) is 6.58 Å². The zero-order chi connectivity index (χ0) is 16.3. The molecule has 22 heavy (non-hydrogen) atoms. The molecule has 0 saturated carbocycles. The van der Waals surface area contributed by atoms with Gasteiger partial charge in [0.15, 0.2) is 6.10 Å². The van der Waals surface area contributed by atoms with Crippen molar-refractivity contribution in [2.45, 2.75) is 20.0 Å². The minimum Gasteiger partial charge on any atom is -0.449 e. The van der Waals surface area contributed by atoms with Gasteiger partial charge < -0.3 is 14.5 Å². The number of furan rings is 1. The highest BCUT2D eigenvalue weighted by Gasteiger charge is 2.24. The van der Waals surface area contributed by atoms with Crippen molar-refractivity contribution >= 4 is 22.8 Å². The highest BCUT2D eigenvalue weighted by Crippen LogP contribution is 2.26. The third kappa shape index (κ3) is 3.16. The summed E-state index contributed by atoms with van der Waals surface area (Å²) in [4.78, 5) is 23.8. The first-order valence-electron chi connectivity index (χ1n) is 6.72. The molecule has 1 N–H and O–H groups in total. The number of benzene rings is 1. The van der Waals surface area contributed by atoms with Crippen molar-refractivity contribution in [2.75, 3.05) is 6.54 Å². The Kier molecular flexibility index (Phi) is 4.60. The lowest BCUT2D eigenvalue weighted by Crippen LogP contribution is -2.35. The maximum absolute atomic E-state index is 13.2. The van der Waals surface area contributed by atoms with Gasteiger partial charge in [-0.3, -0.25) is 4.79 Å². The summed E-state index contributed by atoms with van der Waals surface area (Å²) in [7, 11) is 0. The molecular formula is C16H16FNO4. The molecule has 116 valence electrons. The number of rotatable bonds is 5. The standard InChI is InChI=1S/C16H16FNO4/c1-4-7-18-15(19)10(3)21-16(20)14-9(2)12-8-11(17)5-6-13(12)22-14/h4-6,8,10H,1,7H2,2-3H3,(H,18,19)/t10-/m0/s1. The molecule has 1 aromatic heterocycles. The largest absolute Gasteiger partial charge is 0.449 e. The lowest BCUT2D eigenvalue weighted by Gasteiger charge is -2.11. The van der Waals surface area contributed by atoms with E-state index in [1.165, 1.54) is 31.2 Å². The summed E-state index contributed by atoms with van der Waals surface area (Å²) in [6, 6.07) is 3.96. The summed E-state index contributed by atoms with van der Waals surface area (Å²) in [5, 5.41) is 3.02. The van der Waals surface area contributed by atoms with E-state index < -0.39 is 23.8 Å². The molecule has 1 aromatic carbocycles. The number of nitrogens with one attached hydrogen (secondary N) is 1. The van der Waals surface area contributed by atoms with Gasteiger partial charge in [0.05, 0.1) is 0 Å². The van der Waals surface area contributed by atoms with Gasteiger partial charge in [-0.2, -0.15) is 0 Å². The number of hydrogen-bond acceptors (Lipinski definition) is 4. The fourth-order valence-electron chi connectivity index (χ4n) is 1.97. The molecule has 0 bridgehead atoms. The monoisotopic (exact) mass is 305 g/mol. The molecule has 0 radical (unpaired) electrons. The third-order valence-electron chi connectivity index (χ3n) is 3.16. The van der Waals surface area contributed by atoms with Crippen molar-refractivity contribution in [2.24, 2.45) is 0 Å². The minimum absolute atomic E-state index is 0.0380. The van der Waals surface area contributed by atoms with E-state index in [0.29, 0.717) is 16.5 Å². The van der Waals surface area contributed by atoms with Crippen molar-refractivity contribution in [1.29, 1.82) is 0 Å². The van der Waals surface area contributed by atoms with E-state index in [1.807, 2.05) is 0 Å². The van der Waals surface area contributed by atoms with E-state index in [4.69, 9.17) is 9.15 Å². The normalized spacial score (nSPS) is 12.0. The van der Waals surface area contributed by atoms with Crippen LogP contribution in [0.3, 0.4) is 0 Å². The van der Waals surface area contributed by atoms with Gasteiger partial charge in [0.25, 0.3) is 5.91 Å². The maximum Gasteiger partial charge on any atom is 0.375 e. The van der Waals surface area contributed by atoms with Crippen LogP contribution in [0, 0.1) is 12.7 Å². The SMILES string of the molecule is C=CCNC(=O)[C@H](C)OC(=O)c1oc2ccc(F)cc2c1C. The lowest BCUT2D eigenvalue weighted by molar-refractivity contribution is -0.128. The first-order valence-corrected chi connectivity index (χ1v) is 6.72. The maximum atomic E-state index is 13.2. The van der Waals surface area contributed by atoms with E-state index in [-0.39, 0.29) is 12.3 Å². The Labute approximate surface area is 126 Å². The van der Waals surface area contributed by atoms with Gasteiger partial charge in [0.1, 0.15) is 11.4 Å². The molecule has 1 atom stereocenters. The third-order valence-corrected chi connectivity index (χ3v) is 3.16. The van der Waals surface area contributed by atoms with Crippen LogP contribution in [0.4, 0.5) is 4.39 Å². The second-order valence-corrected chi connectivity index (χ2v) is 4.78. The van der Waals surface area contributed by atoms with Crippen LogP contribution < -0.4 is 5.32 Å². The second kappa shape index (κ2) is 6.43. The lowest BCUT2D eigenvalue weighted by atomic mass is 10.1. The molecule has 0 aliphatic rings. The van der Waals surface area contributed by atoms with Crippen LogP contribution in [0.15, 0.2) is 35.3 Å². The number of aryl methyl sites for hydroxylation is 1. The molecule has 0 spiro atoms. The summed E-state index contributed by atoms with van der Waals surface area (Å²) < 4.78 is 23.7. The van der Waals surface area contributed by atoms with Gasteiger partial charge in [0.2, 0.25) is 5.76 Å². The molecule has 0 saturated heterocycles. The molecule has 5 nitrogen and oxygen atoms in total. The van der Waals surface area contributed by atoms with Gasteiger partial charge in [-0.25, -0.2) is 9.18 Å². The summed E-state index contributed by atoms with van der Waals surface area (Å²) in [6.07, 6.45) is 0.543. The van der Waals surface area contributed by atoms with E-state index in [1.54, 1.807) is 6.92 Å². The van der Waals surface area contributed by atoms with Crippen LogP contribution in [0.25, 0.3) is 11.0 Å². The van der Waals surface area contributed by atoms with Crippen molar-refractivity contribution in [3.8, 4) is 0 Å². The average molecular weight is 305 g/mol. The van der Waals surface area contributed by atoms with Crippen molar-refractivity contribution in [3.05, 3.63) is 48.0 Å². The molecule has 2 aromatic rings. The second-order valence-electron chi connectivity index (χ2n) is 4.78. The van der Waals surface area contributed by atoms with Gasteiger partial charge in [-0.1, -0.05) is 6.08 Å². The molecule has 0 aliphatic heterocycles. The molecule has 0 fully saturated rings. The quantitative estimate of drug-likeness (QED) is 0.681. The number of carbonyl (C=O) groups excluding carboxylic acids is 2. The molecule has 0 unspecified atom stereocenters. The van der Waals surface area contributed by atoms with E-state index in [2.05, 4.69) is 11.9 Å². The van der Waals surface area contributed by atoms with Gasteiger partial charge >= 0.3 is 5.97 Å². The van der Waals surface area contributed by atoms with Crippen LogP contribution in [-0.4, -0.2) is 24.5 Å². The Morgan fingerprint density at radius 1 is 1.50 bits per heavy atom. The zero-order valence-corrected chi connectivity index (χ0v) is 12.3. The Balaban J connectivity index is 2.17. The van der Waals surface area contributed by atoms with Crippen molar-refractivity contribution in [1.82, 2.24) is 5.32 Å². The van der Waals surface area contributed by atoms with Crippen molar-refractivity contribution in [3.63, 3.8) is 0 Å². The summed E-state index contributed by atoms with van der Waals surface area (Å²) in [5.41, 5.74) is 0.854. The van der Waals surface area contributed by atoms with Crippen LogP contribution in [0.5, 0.6) is 0 Å². The molecular weight excluding hydrogens is 289 g/mol. The molecule has 2 rings (SSSR count). The number of hydrogen-bond donors (Lipinski definition) is 1. The Bertz CT molecular complexity index is 735. The molecule has 1 heterocycles. The van der Waals surface area contributed by atoms with Crippen molar-refractivity contribution < 1.29 is 23.1 Å². The number of amides is 1. The minimum atomic E-state index is -0.975. The summed E-state index contributed by atoms with van der Waals surface area (Å²) in [6.45, 7) is 6.84. The number of esters is 1. The van der Waals surface area contributed by atoms with Crippen LogP contribution in [-0.2, 0) is 9.53 Å².